The van der Waals surface area contributed by atoms with Crippen LogP contribution in [0.15, 0.2) is 18.2 Å². The minimum atomic E-state index is -1.12. The molecule has 1 N–H and O–H groups in total. The number of urea groups is 1. The van der Waals surface area contributed by atoms with Crippen molar-refractivity contribution in [3.63, 3.8) is 0 Å². The molecule has 1 aliphatic rings. The molecule has 0 radical (unpaired) electrons. The van der Waals surface area contributed by atoms with E-state index in [1.54, 1.807) is 5.32 Å². The summed E-state index contributed by atoms with van der Waals surface area (Å²) in [7, 11) is 1.36. The van der Waals surface area contributed by atoms with Gasteiger partial charge in [0.2, 0.25) is 0 Å². The molecule has 1 aromatic rings. The Labute approximate surface area is 95.0 Å². The summed E-state index contributed by atoms with van der Waals surface area (Å²) in [4.78, 5) is 34.1. The SMILES string of the molecule is COc1ccc(F)c(N2C(=O)NC(=O)C2=O)c1. The molecule has 0 aliphatic carbocycles. The molecule has 2 rings (SSSR count). The molecular formula is C10H7FN2O4. The van der Waals surface area contributed by atoms with E-state index in [1.807, 2.05) is 0 Å². The van der Waals surface area contributed by atoms with E-state index < -0.39 is 23.7 Å². The first-order chi connectivity index (χ1) is 8.04. The Balaban J connectivity index is 2.50. The summed E-state index contributed by atoms with van der Waals surface area (Å²) >= 11 is 0. The van der Waals surface area contributed by atoms with Crippen molar-refractivity contribution in [3.8, 4) is 5.75 Å². The van der Waals surface area contributed by atoms with Gasteiger partial charge in [0.25, 0.3) is 0 Å². The van der Waals surface area contributed by atoms with E-state index in [9.17, 15) is 18.8 Å². The van der Waals surface area contributed by atoms with Crippen LogP contribution in [0.25, 0.3) is 0 Å². The molecule has 0 bridgehead atoms. The summed E-state index contributed by atoms with van der Waals surface area (Å²) in [5, 5.41) is 1.77. The molecule has 88 valence electrons. The number of methoxy groups -OCH3 is 1. The van der Waals surface area contributed by atoms with Gasteiger partial charge in [-0.15, -0.1) is 0 Å². The van der Waals surface area contributed by atoms with E-state index in [-0.39, 0.29) is 11.4 Å². The summed E-state index contributed by atoms with van der Waals surface area (Å²) in [6.07, 6.45) is 0. The number of imide groups is 2. The lowest BCUT2D eigenvalue weighted by Gasteiger charge is -2.13. The van der Waals surface area contributed by atoms with Crippen molar-refractivity contribution in [2.24, 2.45) is 0 Å². The molecule has 1 saturated heterocycles. The van der Waals surface area contributed by atoms with Crippen LogP contribution in [0.3, 0.4) is 0 Å². The molecule has 0 aromatic heterocycles. The molecule has 17 heavy (non-hydrogen) atoms. The van der Waals surface area contributed by atoms with Crippen LogP contribution in [0.1, 0.15) is 0 Å². The molecule has 1 heterocycles. The van der Waals surface area contributed by atoms with Gasteiger partial charge in [-0.3, -0.25) is 14.9 Å². The molecular weight excluding hydrogens is 231 g/mol. The number of anilines is 1. The fourth-order valence-electron chi connectivity index (χ4n) is 1.41. The number of nitrogens with zero attached hydrogens (tertiary/aromatic N) is 1. The maximum atomic E-state index is 13.5. The molecule has 4 amide bonds. The van der Waals surface area contributed by atoms with Gasteiger partial charge in [0.15, 0.2) is 0 Å². The average Bonchev–Trinajstić information content (AvgIpc) is 2.55. The zero-order valence-electron chi connectivity index (χ0n) is 8.69. The van der Waals surface area contributed by atoms with E-state index in [4.69, 9.17) is 4.74 Å². The highest BCUT2D eigenvalue weighted by Crippen LogP contribution is 2.26. The second-order valence-corrected chi connectivity index (χ2v) is 3.22. The lowest BCUT2D eigenvalue weighted by molar-refractivity contribution is -0.134. The van der Waals surface area contributed by atoms with Crippen molar-refractivity contribution in [1.29, 1.82) is 0 Å². The maximum absolute atomic E-state index is 13.5. The van der Waals surface area contributed by atoms with Crippen LogP contribution in [-0.2, 0) is 9.59 Å². The molecule has 0 saturated carbocycles. The number of carbonyl (C=O) groups is 3. The van der Waals surface area contributed by atoms with E-state index in [2.05, 4.69) is 0 Å². The molecule has 1 fully saturated rings. The zero-order valence-corrected chi connectivity index (χ0v) is 8.69. The highest BCUT2D eigenvalue weighted by molar-refractivity contribution is 6.53. The summed E-state index contributed by atoms with van der Waals surface area (Å²) in [5.41, 5.74) is -0.322. The zero-order chi connectivity index (χ0) is 12.6. The lowest BCUT2D eigenvalue weighted by atomic mass is 10.2. The Morgan fingerprint density at radius 3 is 2.53 bits per heavy atom. The Morgan fingerprint density at radius 1 is 1.29 bits per heavy atom. The van der Waals surface area contributed by atoms with Gasteiger partial charge in [-0.2, -0.15) is 0 Å². The second kappa shape index (κ2) is 3.85. The molecule has 6 nitrogen and oxygen atoms in total. The van der Waals surface area contributed by atoms with E-state index in [0.29, 0.717) is 4.90 Å². The third-order valence-electron chi connectivity index (χ3n) is 2.22. The summed E-state index contributed by atoms with van der Waals surface area (Å²) in [6.45, 7) is 0. The van der Waals surface area contributed by atoms with Gasteiger partial charge in [0.05, 0.1) is 12.8 Å². The van der Waals surface area contributed by atoms with Gasteiger partial charge < -0.3 is 4.74 Å². The maximum Gasteiger partial charge on any atom is 0.336 e. The van der Waals surface area contributed by atoms with Gasteiger partial charge in [-0.25, -0.2) is 14.1 Å². The van der Waals surface area contributed by atoms with Crippen molar-refractivity contribution < 1.29 is 23.5 Å². The smallest absolute Gasteiger partial charge is 0.336 e. The van der Waals surface area contributed by atoms with Crippen molar-refractivity contribution >= 4 is 23.5 Å². The van der Waals surface area contributed by atoms with Gasteiger partial charge in [-0.1, -0.05) is 0 Å². The van der Waals surface area contributed by atoms with E-state index >= 15 is 0 Å². The summed E-state index contributed by atoms with van der Waals surface area (Å²) in [6, 6.07) is 2.55. The van der Waals surface area contributed by atoms with Gasteiger partial charge in [0, 0.05) is 6.07 Å². The summed E-state index contributed by atoms with van der Waals surface area (Å²) in [5.74, 6) is -2.75. The largest absolute Gasteiger partial charge is 0.497 e. The van der Waals surface area contributed by atoms with Crippen LogP contribution in [0.2, 0.25) is 0 Å². The number of halogens is 1. The van der Waals surface area contributed by atoms with Crippen molar-refractivity contribution in [2.75, 3.05) is 12.0 Å². The van der Waals surface area contributed by atoms with Crippen molar-refractivity contribution in [2.45, 2.75) is 0 Å². The molecule has 0 atom stereocenters. The molecule has 0 unspecified atom stereocenters. The number of ether oxygens (including phenoxy) is 1. The quantitative estimate of drug-likeness (QED) is 0.598. The third kappa shape index (κ3) is 1.71. The monoisotopic (exact) mass is 238 g/mol. The molecule has 0 spiro atoms. The van der Waals surface area contributed by atoms with Crippen LogP contribution in [0.4, 0.5) is 14.9 Å². The average molecular weight is 238 g/mol. The first-order valence-corrected chi connectivity index (χ1v) is 4.57. The van der Waals surface area contributed by atoms with Gasteiger partial charge in [0.1, 0.15) is 11.6 Å². The normalized spacial score (nSPS) is 15.2. The predicted octanol–water partition coefficient (Wildman–Crippen LogP) is 0.417. The number of carbonyl (C=O) groups excluding carboxylic acids is 3. The first kappa shape index (κ1) is 11.1. The van der Waals surface area contributed by atoms with E-state index in [1.165, 1.54) is 13.2 Å². The van der Waals surface area contributed by atoms with Crippen LogP contribution < -0.4 is 15.0 Å². The minimum Gasteiger partial charge on any atom is -0.497 e. The van der Waals surface area contributed by atoms with E-state index in [0.717, 1.165) is 12.1 Å². The highest BCUT2D eigenvalue weighted by Gasteiger charge is 2.39. The Bertz CT molecular complexity index is 529. The fraction of sp³-hybridized carbons (Fsp3) is 0.100. The first-order valence-electron chi connectivity index (χ1n) is 4.57. The third-order valence-corrected chi connectivity index (χ3v) is 2.22. The van der Waals surface area contributed by atoms with Crippen LogP contribution >= 0.6 is 0 Å². The van der Waals surface area contributed by atoms with Gasteiger partial charge in [-0.05, 0) is 12.1 Å². The predicted molar refractivity (Wildman–Crippen MR) is 54.0 cm³/mol. The van der Waals surface area contributed by atoms with Crippen molar-refractivity contribution in [3.05, 3.63) is 24.0 Å². The molecule has 1 aromatic carbocycles. The number of benzene rings is 1. The van der Waals surface area contributed by atoms with Gasteiger partial charge >= 0.3 is 17.8 Å². The number of hydrogen-bond donors (Lipinski definition) is 1. The minimum absolute atomic E-state index is 0.265. The number of nitrogens with one attached hydrogen (secondary N) is 1. The molecule has 1 aliphatic heterocycles. The Kier molecular flexibility index (Phi) is 2.51. The number of rotatable bonds is 2. The molecule has 7 heteroatoms. The number of hydrogen-bond acceptors (Lipinski definition) is 4. The topological polar surface area (TPSA) is 75.7 Å². The highest BCUT2D eigenvalue weighted by atomic mass is 19.1. The van der Waals surface area contributed by atoms with Crippen LogP contribution in [-0.4, -0.2) is 25.0 Å². The van der Waals surface area contributed by atoms with Crippen LogP contribution in [0.5, 0.6) is 5.75 Å². The summed E-state index contributed by atoms with van der Waals surface area (Å²) < 4.78 is 18.3. The number of amides is 4. The Morgan fingerprint density at radius 2 is 2.00 bits per heavy atom. The fourth-order valence-corrected chi connectivity index (χ4v) is 1.41. The standard InChI is InChI=1S/C10H7FN2O4/c1-17-5-2-3-6(11)7(4-5)13-9(15)8(14)12-10(13)16/h2-4H,1H3,(H,12,14,16). The lowest BCUT2D eigenvalue weighted by Crippen LogP contribution is -2.31. The van der Waals surface area contributed by atoms with Crippen LogP contribution in [0, 0.1) is 5.82 Å². The van der Waals surface area contributed by atoms with Crippen molar-refractivity contribution in [1.82, 2.24) is 5.32 Å². The Hall–Kier alpha value is -2.44. The second-order valence-electron chi connectivity index (χ2n) is 3.22.